The standard InChI is InChI=1S/C32H22N2O/c1-2-10-24(11-3-1)28-21-30(34-29-15-6-7-16-31(29)35-32(34)33-28)25-19-17-23(18-20-25)27-14-8-12-22-9-4-5-13-26(22)27/h1-21,28H. The molecule has 0 bridgehead atoms. The summed E-state index contributed by atoms with van der Waals surface area (Å²) in [5, 5.41) is 2.52. The molecule has 1 atom stereocenters. The van der Waals surface area contributed by atoms with Gasteiger partial charge in [0.2, 0.25) is 0 Å². The SMILES string of the molecule is C1=C(c2ccc(-c3cccc4ccccc34)cc2)N2C(=NC1c1ccccc1)Oc1ccccc12. The highest BCUT2D eigenvalue weighted by Crippen LogP contribution is 2.44. The molecule has 0 fully saturated rings. The molecule has 0 saturated carbocycles. The Bertz CT molecular complexity index is 1610. The van der Waals surface area contributed by atoms with Crippen molar-refractivity contribution in [3.63, 3.8) is 0 Å². The second-order valence-electron chi connectivity index (χ2n) is 8.83. The van der Waals surface area contributed by atoms with E-state index in [1.807, 2.05) is 24.3 Å². The molecule has 0 N–H and O–H groups in total. The average Bonchev–Trinajstić information content (AvgIpc) is 3.31. The molecule has 0 radical (unpaired) electrons. The second kappa shape index (κ2) is 8.00. The Labute approximate surface area is 204 Å². The maximum Gasteiger partial charge on any atom is 0.303 e. The Morgan fingerprint density at radius 2 is 1.34 bits per heavy atom. The van der Waals surface area contributed by atoms with Crippen LogP contribution >= 0.6 is 0 Å². The van der Waals surface area contributed by atoms with Crippen LogP contribution in [-0.4, -0.2) is 6.02 Å². The highest BCUT2D eigenvalue weighted by atomic mass is 16.5. The lowest BCUT2D eigenvalue weighted by Crippen LogP contribution is -2.31. The first-order valence-electron chi connectivity index (χ1n) is 11.9. The summed E-state index contributed by atoms with van der Waals surface area (Å²) in [6.45, 7) is 0. The predicted octanol–water partition coefficient (Wildman–Crippen LogP) is 7.86. The monoisotopic (exact) mass is 450 g/mol. The quantitative estimate of drug-likeness (QED) is 0.279. The van der Waals surface area contributed by atoms with Crippen molar-refractivity contribution in [2.45, 2.75) is 6.04 Å². The van der Waals surface area contributed by atoms with Gasteiger partial charge in [0.25, 0.3) is 0 Å². The number of anilines is 1. The molecule has 0 aromatic heterocycles. The molecule has 2 heterocycles. The molecular weight excluding hydrogens is 428 g/mol. The summed E-state index contributed by atoms with van der Waals surface area (Å²) in [7, 11) is 0. The van der Waals surface area contributed by atoms with E-state index in [0.29, 0.717) is 6.02 Å². The molecule has 2 aliphatic heterocycles. The number of aliphatic imine (C=N–C) groups is 1. The van der Waals surface area contributed by atoms with E-state index in [-0.39, 0.29) is 6.04 Å². The molecule has 166 valence electrons. The van der Waals surface area contributed by atoms with Gasteiger partial charge in [-0.25, -0.2) is 4.99 Å². The molecule has 5 aromatic rings. The molecular formula is C32H22N2O. The van der Waals surface area contributed by atoms with Gasteiger partial charge in [-0.2, -0.15) is 0 Å². The number of nitrogens with zero attached hydrogens (tertiary/aromatic N) is 2. The number of amidine groups is 1. The molecule has 3 nitrogen and oxygen atoms in total. The lowest BCUT2D eigenvalue weighted by atomic mass is 9.96. The summed E-state index contributed by atoms with van der Waals surface area (Å²) < 4.78 is 6.19. The first-order valence-corrected chi connectivity index (χ1v) is 11.9. The zero-order chi connectivity index (χ0) is 23.2. The van der Waals surface area contributed by atoms with E-state index in [2.05, 4.69) is 108 Å². The van der Waals surface area contributed by atoms with Gasteiger partial charge in [0.05, 0.1) is 11.4 Å². The number of hydrogen-bond acceptors (Lipinski definition) is 3. The lowest BCUT2D eigenvalue weighted by molar-refractivity contribution is 0.556. The zero-order valence-corrected chi connectivity index (χ0v) is 19.0. The molecule has 5 aromatic carbocycles. The van der Waals surface area contributed by atoms with E-state index in [0.717, 1.165) is 28.3 Å². The number of para-hydroxylation sites is 2. The van der Waals surface area contributed by atoms with E-state index in [1.165, 1.54) is 21.9 Å². The fourth-order valence-electron chi connectivity index (χ4n) is 5.02. The fourth-order valence-corrected chi connectivity index (χ4v) is 5.02. The molecule has 0 amide bonds. The summed E-state index contributed by atoms with van der Waals surface area (Å²) in [6, 6.07) is 42.8. The third kappa shape index (κ3) is 3.32. The minimum absolute atomic E-state index is 0.107. The van der Waals surface area contributed by atoms with E-state index in [4.69, 9.17) is 9.73 Å². The zero-order valence-electron chi connectivity index (χ0n) is 19.0. The van der Waals surface area contributed by atoms with Gasteiger partial charge in [0.15, 0.2) is 5.75 Å². The van der Waals surface area contributed by atoms with Gasteiger partial charge < -0.3 is 4.74 Å². The molecule has 7 rings (SSSR count). The maximum atomic E-state index is 6.19. The Balaban J connectivity index is 1.33. The van der Waals surface area contributed by atoms with Crippen molar-refractivity contribution in [1.82, 2.24) is 0 Å². The number of fused-ring (bicyclic) bond motifs is 4. The highest BCUT2D eigenvalue weighted by molar-refractivity contribution is 6.12. The van der Waals surface area contributed by atoms with E-state index < -0.39 is 0 Å². The van der Waals surface area contributed by atoms with Gasteiger partial charge in [0.1, 0.15) is 6.04 Å². The van der Waals surface area contributed by atoms with Gasteiger partial charge in [-0.1, -0.05) is 109 Å². The Hall–Kier alpha value is -4.63. The highest BCUT2D eigenvalue weighted by Gasteiger charge is 2.35. The third-order valence-electron chi connectivity index (χ3n) is 6.73. The van der Waals surface area contributed by atoms with Crippen molar-refractivity contribution in [3.8, 4) is 16.9 Å². The van der Waals surface area contributed by atoms with Crippen molar-refractivity contribution in [2.24, 2.45) is 4.99 Å². The van der Waals surface area contributed by atoms with Gasteiger partial charge in [-0.3, -0.25) is 4.90 Å². The van der Waals surface area contributed by atoms with Crippen LogP contribution < -0.4 is 9.64 Å². The maximum absolute atomic E-state index is 6.19. The van der Waals surface area contributed by atoms with Crippen LogP contribution in [0.25, 0.3) is 27.6 Å². The topological polar surface area (TPSA) is 24.8 Å². The van der Waals surface area contributed by atoms with Gasteiger partial charge >= 0.3 is 6.02 Å². The van der Waals surface area contributed by atoms with Crippen LogP contribution in [-0.2, 0) is 0 Å². The number of rotatable bonds is 3. The number of benzene rings is 5. The van der Waals surface area contributed by atoms with Crippen LogP contribution in [0.5, 0.6) is 5.75 Å². The Morgan fingerprint density at radius 3 is 2.23 bits per heavy atom. The average molecular weight is 451 g/mol. The van der Waals surface area contributed by atoms with Crippen LogP contribution in [0, 0.1) is 0 Å². The van der Waals surface area contributed by atoms with Crippen LogP contribution in [0.2, 0.25) is 0 Å². The van der Waals surface area contributed by atoms with Crippen molar-refractivity contribution < 1.29 is 4.74 Å². The summed E-state index contributed by atoms with van der Waals surface area (Å²) in [4.78, 5) is 7.07. The largest absolute Gasteiger partial charge is 0.423 e. The van der Waals surface area contributed by atoms with Crippen molar-refractivity contribution in [1.29, 1.82) is 0 Å². The first kappa shape index (κ1) is 19.8. The molecule has 1 unspecified atom stereocenters. The minimum atomic E-state index is -0.107. The summed E-state index contributed by atoms with van der Waals surface area (Å²) in [5.41, 5.74) is 6.81. The van der Waals surface area contributed by atoms with Crippen LogP contribution in [0.15, 0.2) is 132 Å². The lowest BCUT2D eigenvalue weighted by Gasteiger charge is -2.27. The van der Waals surface area contributed by atoms with E-state index in [1.54, 1.807) is 0 Å². The van der Waals surface area contributed by atoms with Crippen LogP contribution in [0.4, 0.5) is 5.69 Å². The van der Waals surface area contributed by atoms with Gasteiger partial charge in [-0.05, 0) is 51.2 Å². The summed E-state index contributed by atoms with van der Waals surface area (Å²) in [5.74, 6) is 0.832. The summed E-state index contributed by atoms with van der Waals surface area (Å²) in [6.07, 6.45) is 2.23. The Kier molecular flexibility index (Phi) is 4.52. The third-order valence-corrected chi connectivity index (χ3v) is 6.73. The van der Waals surface area contributed by atoms with Crippen LogP contribution in [0.3, 0.4) is 0 Å². The van der Waals surface area contributed by atoms with E-state index in [9.17, 15) is 0 Å². The molecule has 2 aliphatic rings. The van der Waals surface area contributed by atoms with Crippen LogP contribution in [0.1, 0.15) is 17.2 Å². The van der Waals surface area contributed by atoms with Crippen molar-refractivity contribution >= 4 is 28.2 Å². The minimum Gasteiger partial charge on any atom is -0.423 e. The normalized spacial score (nSPS) is 16.2. The molecule has 3 heteroatoms. The van der Waals surface area contributed by atoms with Gasteiger partial charge in [0, 0.05) is 0 Å². The predicted molar refractivity (Wildman–Crippen MR) is 144 cm³/mol. The first-order chi connectivity index (χ1) is 17.3. The Morgan fingerprint density at radius 1 is 0.629 bits per heavy atom. The smallest absolute Gasteiger partial charge is 0.303 e. The number of hydrogen-bond donors (Lipinski definition) is 0. The van der Waals surface area contributed by atoms with Gasteiger partial charge in [-0.15, -0.1) is 0 Å². The number of ether oxygens (including phenoxy) is 1. The van der Waals surface area contributed by atoms with E-state index >= 15 is 0 Å². The molecule has 35 heavy (non-hydrogen) atoms. The fraction of sp³-hybridized carbons (Fsp3) is 0.0312. The summed E-state index contributed by atoms with van der Waals surface area (Å²) >= 11 is 0. The molecule has 0 saturated heterocycles. The van der Waals surface area contributed by atoms with Crippen molar-refractivity contribution in [2.75, 3.05) is 4.90 Å². The molecule has 0 spiro atoms. The molecule has 0 aliphatic carbocycles. The van der Waals surface area contributed by atoms with Crippen molar-refractivity contribution in [3.05, 3.63) is 139 Å². The second-order valence-corrected chi connectivity index (χ2v) is 8.83.